The number of hydrogen-bond acceptors (Lipinski definition) is 1. The van der Waals surface area contributed by atoms with Crippen LogP contribution in [0.1, 0.15) is 0 Å². The first-order chi connectivity index (χ1) is 33.3. The minimum absolute atomic E-state index is 1.09. The molecule has 0 atom stereocenters. The van der Waals surface area contributed by atoms with E-state index in [4.69, 9.17) is 0 Å². The summed E-state index contributed by atoms with van der Waals surface area (Å²) in [7, 11) is -2.74. The lowest BCUT2D eigenvalue weighted by Gasteiger charge is -2.35. The second kappa shape index (κ2) is 17.1. The number of para-hydroxylation sites is 2. The summed E-state index contributed by atoms with van der Waals surface area (Å²) < 4.78 is 2.40. The van der Waals surface area contributed by atoms with Crippen LogP contribution in [0.2, 0.25) is 0 Å². The molecule has 3 heteroatoms. The van der Waals surface area contributed by atoms with Gasteiger partial charge in [-0.05, 0) is 114 Å². The van der Waals surface area contributed by atoms with Gasteiger partial charge in [-0.1, -0.05) is 218 Å². The highest BCUT2D eigenvalue weighted by Crippen LogP contribution is 2.42. The maximum absolute atomic E-state index is 2.74. The fourth-order valence-electron chi connectivity index (χ4n) is 10.6. The van der Waals surface area contributed by atoms with Crippen molar-refractivity contribution < 1.29 is 0 Å². The Hall–Kier alpha value is -8.50. The van der Waals surface area contributed by atoms with Crippen LogP contribution in [-0.2, 0) is 0 Å². The van der Waals surface area contributed by atoms with Crippen molar-refractivity contribution in [1.82, 2.24) is 4.57 Å². The molecule has 1 heterocycles. The lowest BCUT2D eigenvalue weighted by atomic mass is 9.97. The molecule has 12 aromatic rings. The van der Waals surface area contributed by atoms with Crippen molar-refractivity contribution in [2.24, 2.45) is 0 Å². The van der Waals surface area contributed by atoms with Gasteiger partial charge in [0.1, 0.15) is 0 Å². The van der Waals surface area contributed by atoms with Crippen LogP contribution >= 0.6 is 0 Å². The summed E-state index contributed by atoms with van der Waals surface area (Å²) in [6, 6.07) is 103. The molecule has 0 bridgehead atoms. The third-order valence-corrected chi connectivity index (χ3v) is 18.3. The van der Waals surface area contributed by atoms with E-state index in [1.54, 1.807) is 0 Å². The lowest BCUT2D eigenvalue weighted by Crippen LogP contribution is -2.74. The number of benzene rings is 11. The van der Waals surface area contributed by atoms with Gasteiger partial charge in [-0.2, -0.15) is 0 Å². The molecule has 0 spiro atoms. The molecule has 0 aliphatic heterocycles. The largest absolute Gasteiger partial charge is 0.310 e. The van der Waals surface area contributed by atoms with Crippen LogP contribution in [-0.4, -0.2) is 12.6 Å². The van der Waals surface area contributed by atoms with Crippen molar-refractivity contribution in [3.8, 4) is 27.9 Å². The van der Waals surface area contributed by atoms with Crippen molar-refractivity contribution in [1.29, 1.82) is 0 Å². The summed E-state index contributed by atoms with van der Waals surface area (Å²) >= 11 is 0. The summed E-state index contributed by atoms with van der Waals surface area (Å²) in [6.45, 7) is 0. The SMILES string of the molecule is c1ccc(-n2c3ccccc3c3c(-c4cccc(N(c5ccc([Si](c6ccccc6)(c6ccccc6)c6ccccc6)cc5)c5cccc(-c6cccc7ccccc67)c5)c4)cccc32)cc1. The van der Waals surface area contributed by atoms with Crippen LogP contribution in [0.3, 0.4) is 0 Å². The minimum atomic E-state index is -2.74. The van der Waals surface area contributed by atoms with Crippen molar-refractivity contribution >= 4 is 78.5 Å². The first kappa shape index (κ1) is 40.0. The monoisotopic (exact) mass is 870 g/mol. The van der Waals surface area contributed by atoms with Crippen molar-refractivity contribution in [3.05, 3.63) is 279 Å². The molecule has 0 unspecified atom stereocenters. The summed E-state index contributed by atoms with van der Waals surface area (Å²) in [5.74, 6) is 0. The molecule has 11 aromatic carbocycles. The molecule has 2 nitrogen and oxygen atoms in total. The Balaban J connectivity index is 1.06. The highest BCUT2D eigenvalue weighted by molar-refractivity contribution is 7.19. The Labute approximate surface area is 392 Å². The molecule has 67 heavy (non-hydrogen) atoms. The van der Waals surface area contributed by atoms with Gasteiger partial charge in [-0.15, -0.1) is 0 Å². The van der Waals surface area contributed by atoms with Gasteiger partial charge in [0.15, 0.2) is 8.07 Å². The van der Waals surface area contributed by atoms with Crippen molar-refractivity contribution in [2.75, 3.05) is 4.90 Å². The molecule has 1 aromatic heterocycles. The van der Waals surface area contributed by atoms with Crippen LogP contribution in [0.5, 0.6) is 0 Å². The molecule has 0 N–H and O–H groups in total. The molecule has 0 radical (unpaired) electrons. The van der Waals surface area contributed by atoms with Crippen molar-refractivity contribution in [3.63, 3.8) is 0 Å². The van der Waals surface area contributed by atoms with Gasteiger partial charge in [0.05, 0.1) is 11.0 Å². The highest BCUT2D eigenvalue weighted by atomic mass is 28.3. The second-order valence-electron chi connectivity index (χ2n) is 17.2. The van der Waals surface area contributed by atoms with E-state index >= 15 is 0 Å². The van der Waals surface area contributed by atoms with Gasteiger partial charge in [0, 0.05) is 33.5 Å². The van der Waals surface area contributed by atoms with Gasteiger partial charge in [-0.3, -0.25) is 0 Å². The van der Waals surface area contributed by atoms with E-state index in [9.17, 15) is 0 Å². The molecule has 316 valence electrons. The summed E-state index contributed by atoms with van der Waals surface area (Å²) in [6.07, 6.45) is 0. The summed E-state index contributed by atoms with van der Waals surface area (Å²) in [4.78, 5) is 2.44. The number of hydrogen-bond donors (Lipinski definition) is 0. The number of aromatic nitrogens is 1. The fraction of sp³-hybridized carbons (Fsp3) is 0. The predicted molar refractivity (Wildman–Crippen MR) is 287 cm³/mol. The molecular formula is C64H46N2Si. The Morgan fingerprint density at radius 3 is 1.37 bits per heavy atom. The molecule has 0 amide bonds. The summed E-state index contributed by atoms with van der Waals surface area (Å²) in [5, 5.41) is 10.4. The van der Waals surface area contributed by atoms with E-state index in [0.717, 1.165) is 28.3 Å². The molecule has 0 saturated carbocycles. The number of fused-ring (bicyclic) bond motifs is 4. The van der Waals surface area contributed by atoms with Crippen LogP contribution in [0.25, 0.3) is 60.5 Å². The molecule has 0 fully saturated rings. The van der Waals surface area contributed by atoms with E-state index in [-0.39, 0.29) is 0 Å². The van der Waals surface area contributed by atoms with Gasteiger partial charge >= 0.3 is 0 Å². The molecular weight excluding hydrogens is 825 g/mol. The highest BCUT2D eigenvalue weighted by Gasteiger charge is 2.41. The quantitative estimate of drug-likeness (QED) is 0.0982. The van der Waals surface area contributed by atoms with Gasteiger partial charge in [0.25, 0.3) is 0 Å². The maximum Gasteiger partial charge on any atom is 0.179 e. The van der Waals surface area contributed by atoms with E-state index in [2.05, 4.69) is 289 Å². The minimum Gasteiger partial charge on any atom is -0.310 e. The van der Waals surface area contributed by atoms with Crippen LogP contribution in [0.4, 0.5) is 17.1 Å². The fourth-order valence-corrected chi connectivity index (χ4v) is 15.3. The zero-order valence-corrected chi connectivity index (χ0v) is 38.0. The maximum atomic E-state index is 2.44. The van der Waals surface area contributed by atoms with Gasteiger partial charge in [0.2, 0.25) is 0 Å². The molecule has 0 aliphatic carbocycles. The molecule has 0 saturated heterocycles. The normalized spacial score (nSPS) is 11.6. The molecule has 0 aliphatic rings. The second-order valence-corrected chi connectivity index (χ2v) is 21.1. The standard InChI is InChI=1S/C64H46N2Si/c1-5-25-50(26-6-1)66-62-39-16-15-36-61(62)64-60(38-20-40-63(64)66)49-24-18-28-53(46-49)65(52-27-17-23-48(45-52)59-37-19-22-47-21-13-14-35-58(47)59)51-41-43-57(44-42-51)67(54-29-7-2-8-30-54,55-31-9-3-10-32-55)56-33-11-4-12-34-56/h1-46H. The van der Waals surface area contributed by atoms with Crippen LogP contribution < -0.4 is 25.6 Å². The third kappa shape index (κ3) is 6.96. The zero-order valence-electron chi connectivity index (χ0n) is 37.0. The van der Waals surface area contributed by atoms with Crippen LogP contribution in [0.15, 0.2) is 279 Å². The average molecular weight is 871 g/mol. The average Bonchev–Trinajstić information content (AvgIpc) is 3.75. The van der Waals surface area contributed by atoms with E-state index < -0.39 is 8.07 Å². The molecule has 12 rings (SSSR count). The number of nitrogens with zero attached hydrogens (tertiary/aromatic N) is 2. The smallest absolute Gasteiger partial charge is 0.179 e. The van der Waals surface area contributed by atoms with Gasteiger partial charge in [-0.25, -0.2) is 0 Å². The summed E-state index contributed by atoms with van der Waals surface area (Å²) in [5.41, 5.74) is 11.6. The Morgan fingerprint density at radius 2 is 0.746 bits per heavy atom. The third-order valence-electron chi connectivity index (χ3n) is 13.5. The Bertz CT molecular complexity index is 3570. The topological polar surface area (TPSA) is 8.17 Å². The number of rotatable bonds is 10. The van der Waals surface area contributed by atoms with Crippen molar-refractivity contribution in [2.45, 2.75) is 0 Å². The van der Waals surface area contributed by atoms with E-state index in [0.29, 0.717) is 0 Å². The predicted octanol–water partition coefficient (Wildman–Crippen LogP) is 14.1. The first-order valence-corrected chi connectivity index (χ1v) is 25.1. The van der Waals surface area contributed by atoms with E-state index in [1.807, 2.05) is 0 Å². The number of anilines is 3. The van der Waals surface area contributed by atoms with E-state index in [1.165, 1.54) is 70.0 Å². The van der Waals surface area contributed by atoms with Gasteiger partial charge < -0.3 is 9.47 Å². The lowest BCUT2D eigenvalue weighted by molar-refractivity contribution is 1.18. The Kier molecular flexibility index (Phi) is 10.2. The Morgan fingerprint density at radius 1 is 0.299 bits per heavy atom. The first-order valence-electron chi connectivity index (χ1n) is 23.1. The zero-order chi connectivity index (χ0) is 44.6. The van der Waals surface area contributed by atoms with Crippen LogP contribution in [0, 0.1) is 0 Å².